The standard InChI is InChI=1S/C23H26N4O2/c1-16-7-4-5-9-19(16)15-25-23-26-17(2)13-21(27-23)22(28)24-12-11-18-8-6-10-20(14-18)29-3/h4-10,13-14H,11-12,15H2,1-3H3,(H,24,28)(H,25,26,27). The average Bonchev–Trinajstić information content (AvgIpc) is 2.73. The number of carbonyl (C=O) groups excluding carboxylic acids is 1. The Morgan fingerprint density at radius 2 is 1.86 bits per heavy atom. The van der Waals surface area contributed by atoms with Gasteiger partial charge in [0.1, 0.15) is 11.4 Å². The Hall–Kier alpha value is -3.41. The van der Waals surface area contributed by atoms with Gasteiger partial charge in [-0.2, -0.15) is 0 Å². The van der Waals surface area contributed by atoms with Crippen molar-refractivity contribution in [3.8, 4) is 5.75 Å². The fourth-order valence-electron chi connectivity index (χ4n) is 2.99. The molecule has 0 radical (unpaired) electrons. The quantitative estimate of drug-likeness (QED) is 0.614. The predicted molar refractivity (Wildman–Crippen MR) is 114 cm³/mol. The number of anilines is 1. The van der Waals surface area contributed by atoms with E-state index >= 15 is 0 Å². The number of benzene rings is 2. The maximum Gasteiger partial charge on any atom is 0.270 e. The second-order valence-corrected chi connectivity index (χ2v) is 6.86. The van der Waals surface area contributed by atoms with Crippen molar-refractivity contribution in [2.45, 2.75) is 26.8 Å². The lowest BCUT2D eigenvalue weighted by Crippen LogP contribution is -2.27. The van der Waals surface area contributed by atoms with E-state index in [-0.39, 0.29) is 5.91 Å². The average molecular weight is 390 g/mol. The van der Waals surface area contributed by atoms with Crippen LogP contribution in [0.3, 0.4) is 0 Å². The molecule has 0 aliphatic heterocycles. The van der Waals surface area contributed by atoms with E-state index in [1.165, 1.54) is 11.1 Å². The van der Waals surface area contributed by atoms with Crippen molar-refractivity contribution in [3.63, 3.8) is 0 Å². The monoisotopic (exact) mass is 390 g/mol. The smallest absolute Gasteiger partial charge is 0.270 e. The van der Waals surface area contributed by atoms with Gasteiger partial charge in [-0.05, 0) is 55.2 Å². The summed E-state index contributed by atoms with van der Waals surface area (Å²) in [5.41, 5.74) is 4.56. The highest BCUT2D eigenvalue weighted by molar-refractivity contribution is 5.92. The van der Waals surface area contributed by atoms with Crippen molar-refractivity contribution in [3.05, 3.63) is 82.7 Å². The Morgan fingerprint density at radius 1 is 1.03 bits per heavy atom. The predicted octanol–water partition coefficient (Wildman–Crippen LogP) is 3.69. The van der Waals surface area contributed by atoms with Crippen LogP contribution >= 0.6 is 0 Å². The van der Waals surface area contributed by atoms with Crippen LogP contribution < -0.4 is 15.4 Å². The van der Waals surface area contributed by atoms with Gasteiger partial charge in [0.2, 0.25) is 5.95 Å². The summed E-state index contributed by atoms with van der Waals surface area (Å²) >= 11 is 0. The van der Waals surface area contributed by atoms with Gasteiger partial charge in [-0.15, -0.1) is 0 Å². The van der Waals surface area contributed by atoms with E-state index in [2.05, 4.69) is 39.7 Å². The third-order valence-corrected chi connectivity index (χ3v) is 4.62. The molecule has 0 unspecified atom stereocenters. The summed E-state index contributed by atoms with van der Waals surface area (Å²) in [5.74, 6) is 1.05. The molecule has 6 nitrogen and oxygen atoms in total. The number of amides is 1. The number of aryl methyl sites for hydroxylation is 2. The van der Waals surface area contributed by atoms with Crippen LogP contribution in [-0.2, 0) is 13.0 Å². The second kappa shape index (κ2) is 9.68. The van der Waals surface area contributed by atoms with Crippen LogP contribution in [0.1, 0.15) is 32.9 Å². The van der Waals surface area contributed by atoms with Crippen LogP contribution in [0.2, 0.25) is 0 Å². The number of hydrogen-bond donors (Lipinski definition) is 2. The number of aromatic nitrogens is 2. The van der Waals surface area contributed by atoms with Gasteiger partial charge in [-0.3, -0.25) is 4.79 Å². The van der Waals surface area contributed by atoms with Crippen LogP contribution in [0.5, 0.6) is 5.75 Å². The fourth-order valence-corrected chi connectivity index (χ4v) is 2.99. The molecule has 1 amide bonds. The Morgan fingerprint density at radius 3 is 2.66 bits per heavy atom. The van der Waals surface area contributed by atoms with Crippen molar-refractivity contribution in [2.75, 3.05) is 19.0 Å². The molecule has 0 saturated heterocycles. The van der Waals surface area contributed by atoms with E-state index in [1.54, 1.807) is 13.2 Å². The highest BCUT2D eigenvalue weighted by atomic mass is 16.5. The lowest BCUT2D eigenvalue weighted by Gasteiger charge is -2.10. The minimum atomic E-state index is -0.211. The molecule has 0 atom stereocenters. The molecule has 29 heavy (non-hydrogen) atoms. The van der Waals surface area contributed by atoms with Crippen molar-refractivity contribution in [1.82, 2.24) is 15.3 Å². The molecular weight excluding hydrogens is 364 g/mol. The first-order chi connectivity index (χ1) is 14.0. The molecular formula is C23H26N4O2. The first-order valence-corrected chi connectivity index (χ1v) is 9.60. The van der Waals surface area contributed by atoms with E-state index in [4.69, 9.17) is 4.74 Å². The fraction of sp³-hybridized carbons (Fsp3) is 0.261. The number of ether oxygens (including phenoxy) is 1. The summed E-state index contributed by atoms with van der Waals surface area (Å²) in [6, 6.07) is 17.6. The molecule has 150 valence electrons. The third-order valence-electron chi connectivity index (χ3n) is 4.62. The van der Waals surface area contributed by atoms with Crippen molar-refractivity contribution in [2.24, 2.45) is 0 Å². The van der Waals surface area contributed by atoms with Gasteiger partial charge in [0.15, 0.2) is 0 Å². The number of rotatable bonds is 8. The number of hydrogen-bond acceptors (Lipinski definition) is 5. The summed E-state index contributed by atoms with van der Waals surface area (Å²) in [6.07, 6.45) is 0.714. The van der Waals surface area contributed by atoms with Crippen molar-refractivity contribution in [1.29, 1.82) is 0 Å². The SMILES string of the molecule is COc1cccc(CCNC(=O)c2cc(C)nc(NCc3ccccc3C)n2)c1. The number of nitrogens with one attached hydrogen (secondary N) is 2. The topological polar surface area (TPSA) is 76.1 Å². The van der Waals surface area contributed by atoms with Gasteiger partial charge >= 0.3 is 0 Å². The number of carbonyl (C=O) groups is 1. The molecule has 1 aromatic heterocycles. The molecule has 0 bridgehead atoms. The Balaban J connectivity index is 1.59. The zero-order valence-corrected chi connectivity index (χ0v) is 17.0. The summed E-state index contributed by atoms with van der Waals surface area (Å²) in [5, 5.41) is 6.14. The van der Waals surface area contributed by atoms with Crippen molar-refractivity contribution >= 4 is 11.9 Å². The van der Waals surface area contributed by atoms with E-state index < -0.39 is 0 Å². The second-order valence-electron chi connectivity index (χ2n) is 6.86. The van der Waals surface area contributed by atoms with Crippen LogP contribution in [-0.4, -0.2) is 29.5 Å². The Bertz CT molecular complexity index is 988. The molecule has 0 saturated carbocycles. The third kappa shape index (κ3) is 5.78. The number of nitrogens with zero attached hydrogens (tertiary/aromatic N) is 2. The maximum absolute atomic E-state index is 12.5. The van der Waals surface area contributed by atoms with E-state index in [9.17, 15) is 4.79 Å². The minimum absolute atomic E-state index is 0.211. The zero-order valence-electron chi connectivity index (χ0n) is 17.0. The van der Waals surface area contributed by atoms with Gasteiger partial charge in [-0.25, -0.2) is 9.97 Å². The highest BCUT2D eigenvalue weighted by Gasteiger charge is 2.11. The summed E-state index contributed by atoms with van der Waals surface area (Å²) in [7, 11) is 1.64. The molecule has 0 spiro atoms. The summed E-state index contributed by atoms with van der Waals surface area (Å²) in [6.45, 7) is 5.04. The first kappa shape index (κ1) is 20.3. The number of methoxy groups -OCH3 is 1. The van der Waals surface area contributed by atoms with Crippen LogP contribution in [0.25, 0.3) is 0 Å². The van der Waals surface area contributed by atoms with E-state index in [1.807, 2.05) is 43.3 Å². The Labute approximate surface area is 171 Å². The van der Waals surface area contributed by atoms with E-state index in [0.717, 1.165) is 17.0 Å². The van der Waals surface area contributed by atoms with Crippen LogP contribution in [0.4, 0.5) is 5.95 Å². The largest absolute Gasteiger partial charge is 0.497 e. The molecule has 6 heteroatoms. The van der Waals surface area contributed by atoms with E-state index in [0.29, 0.717) is 31.2 Å². The summed E-state index contributed by atoms with van der Waals surface area (Å²) in [4.78, 5) is 21.3. The Kier molecular flexibility index (Phi) is 6.79. The molecule has 2 aromatic carbocycles. The lowest BCUT2D eigenvalue weighted by molar-refractivity contribution is 0.0949. The van der Waals surface area contributed by atoms with Gasteiger partial charge in [0, 0.05) is 18.8 Å². The normalized spacial score (nSPS) is 10.4. The van der Waals surface area contributed by atoms with Gasteiger partial charge in [0.25, 0.3) is 5.91 Å². The molecule has 0 aliphatic rings. The molecule has 1 heterocycles. The molecule has 2 N–H and O–H groups in total. The minimum Gasteiger partial charge on any atom is -0.497 e. The maximum atomic E-state index is 12.5. The van der Waals surface area contributed by atoms with Gasteiger partial charge < -0.3 is 15.4 Å². The molecule has 0 aliphatic carbocycles. The lowest BCUT2D eigenvalue weighted by atomic mass is 10.1. The first-order valence-electron chi connectivity index (χ1n) is 9.60. The molecule has 3 rings (SSSR count). The van der Waals surface area contributed by atoms with Crippen LogP contribution in [0, 0.1) is 13.8 Å². The zero-order chi connectivity index (χ0) is 20.6. The molecule has 3 aromatic rings. The highest BCUT2D eigenvalue weighted by Crippen LogP contribution is 2.13. The summed E-state index contributed by atoms with van der Waals surface area (Å²) < 4.78 is 5.23. The van der Waals surface area contributed by atoms with Crippen LogP contribution in [0.15, 0.2) is 54.6 Å². The van der Waals surface area contributed by atoms with Gasteiger partial charge in [-0.1, -0.05) is 36.4 Å². The molecule has 0 fully saturated rings. The van der Waals surface area contributed by atoms with Gasteiger partial charge in [0.05, 0.1) is 7.11 Å². The van der Waals surface area contributed by atoms with Crippen molar-refractivity contribution < 1.29 is 9.53 Å².